The number of hydrogen-bond donors (Lipinski definition) is 0. The van der Waals surface area contributed by atoms with Gasteiger partial charge in [0.05, 0.1) is 13.1 Å². The van der Waals surface area contributed by atoms with E-state index in [1.54, 1.807) is 0 Å². The number of unbranched alkanes of at least 4 members (excludes halogenated alkanes) is 1. The first-order valence-corrected chi connectivity index (χ1v) is 22.4. The van der Waals surface area contributed by atoms with Gasteiger partial charge in [-0.25, -0.2) is 0 Å². The van der Waals surface area contributed by atoms with Crippen molar-refractivity contribution < 1.29 is 0 Å². The molecule has 0 aliphatic heterocycles. The lowest BCUT2D eigenvalue weighted by Gasteiger charge is -2.19. The molecule has 6 aromatic carbocycles. The van der Waals surface area contributed by atoms with Crippen molar-refractivity contribution >= 4 is 22.1 Å². The van der Waals surface area contributed by atoms with Gasteiger partial charge < -0.3 is 0 Å². The maximum Gasteiger partial charge on any atom is 0.121 e. The molecule has 6 nitrogen and oxygen atoms in total. The van der Waals surface area contributed by atoms with E-state index in [4.69, 9.17) is 20.4 Å². The first kappa shape index (κ1) is 42.8. The normalized spacial score (nSPS) is 12.8. The molecule has 0 fully saturated rings. The Morgan fingerprint density at radius 2 is 0.484 bits per heavy atom. The van der Waals surface area contributed by atoms with Crippen LogP contribution in [-0.4, -0.2) is 30.0 Å². The Morgan fingerprint density at radius 1 is 0.290 bits per heavy atom. The molecule has 0 spiro atoms. The monoisotopic (exact) mass is 821 g/mol. The van der Waals surface area contributed by atoms with Crippen LogP contribution < -0.4 is 0 Å². The van der Waals surface area contributed by atoms with Crippen LogP contribution in [0.5, 0.6) is 0 Å². The number of aryl methyl sites for hydroxylation is 2. The minimum atomic E-state index is 0.0831. The summed E-state index contributed by atoms with van der Waals surface area (Å²) in [5, 5.41) is 20.7. The number of aromatic nitrogens is 6. The molecule has 0 radical (unpaired) electrons. The molecular weight excluding hydrogens is 757 g/mol. The van der Waals surface area contributed by atoms with Gasteiger partial charge in [0.15, 0.2) is 0 Å². The molecule has 318 valence electrons. The van der Waals surface area contributed by atoms with Crippen LogP contribution in [-0.2, 0) is 34.7 Å². The lowest BCUT2D eigenvalue weighted by atomic mass is 9.85. The fourth-order valence-corrected chi connectivity index (χ4v) is 8.31. The minimum absolute atomic E-state index is 0.0831. The maximum absolute atomic E-state index is 5.18. The number of hydrogen-bond acceptors (Lipinski definition) is 4. The van der Waals surface area contributed by atoms with Gasteiger partial charge in [0.2, 0.25) is 0 Å². The second-order valence-electron chi connectivity index (χ2n) is 21.3. The molecule has 62 heavy (non-hydrogen) atoms. The molecule has 2 heterocycles. The van der Waals surface area contributed by atoms with Gasteiger partial charge in [-0.2, -0.15) is 30.0 Å². The van der Waals surface area contributed by atoms with Crippen LogP contribution in [0.3, 0.4) is 0 Å². The first-order valence-electron chi connectivity index (χ1n) is 22.4. The smallest absolute Gasteiger partial charge is 0.121 e. The highest BCUT2D eigenvalue weighted by Crippen LogP contribution is 2.38. The second kappa shape index (κ2) is 16.1. The molecule has 8 aromatic rings. The maximum atomic E-state index is 5.18. The van der Waals surface area contributed by atoms with Crippen LogP contribution in [0.25, 0.3) is 66.6 Å². The summed E-state index contributed by atoms with van der Waals surface area (Å²) in [6, 6.07) is 44.7. The van der Waals surface area contributed by atoms with Crippen LogP contribution in [0, 0.1) is 0 Å². The topological polar surface area (TPSA) is 61.4 Å². The number of benzene rings is 6. The highest BCUT2D eigenvalue weighted by molar-refractivity contribution is 6.01. The lowest BCUT2D eigenvalue weighted by molar-refractivity contribution is 0.452. The Labute approximate surface area is 369 Å². The molecule has 8 rings (SSSR count). The largest absolute Gasteiger partial charge is 0.184 e. The van der Waals surface area contributed by atoms with Crippen LogP contribution in [0.1, 0.15) is 118 Å². The lowest BCUT2D eigenvalue weighted by Crippen LogP contribution is -2.10. The van der Waals surface area contributed by atoms with Crippen molar-refractivity contribution in [2.24, 2.45) is 0 Å². The number of nitrogens with zero attached hydrogens (tertiary/aromatic N) is 6. The van der Waals surface area contributed by atoms with Crippen molar-refractivity contribution in [3.8, 4) is 44.5 Å². The van der Waals surface area contributed by atoms with E-state index in [1.165, 1.54) is 22.3 Å². The van der Waals surface area contributed by atoms with Gasteiger partial charge in [-0.3, -0.25) is 0 Å². The van der Waals surface area contributed by atoms with E-state index in [-0.39, 0.29) is 21.7 Å². The Hall–Kier alpha value is -5.88. The molecule has 0 aliphatic carbocycles. The third kappa shape index (κ3) is 8.88. The van der Waals surface area contributed by atoms with Gasteiger partial charge in [0, 0.05) is 22.3 Å². The molecule has 0 N–H and O–H groups in total. The van der Waals surface area contributed by atoms with E-state index in [9.17, 15) is 0 Å². The van der Waals surface area contributed by atoms with E-state index < -0.39 is 0 Å². The third-order valence-corrected chi connectivity index (χ3v) is 12.4. The van der Waals surface area contributed by atoms with Gasteiger partial charge in [-0.05, 0) is 79.0 Å². The van der Waals surface area contributed by atoms with Crippen LogP contribution in [0.4, 0.5) is 0 Å². The summed E-state index contributed by atoms with van der Waals surface area (Å²) in [7, 11) is 0. The predicted molar refractivity (Wildman–Crippen MR) is 261 cm³/mol. The fraction of sp³-hybridized carbons (Fsp3) is 0.357. The van der Waals surface area contributed by atoms with Gasteiger partial charge in [0.25, 0.3) is 0 Å². The van der Waals surface area contributed by atoms with Gasteiger partial charge in [-0.1, -0.05) is 204 Å². The minimum Gasteiger partial charge on any atom is -0.184 e. The predicted octanol–water partition coefficient (Wildman–Crippen LogP) is 14.5. The molecule has 0 saturated heterocycles. The Kier molecular flexibility index (Phi) is 11.1. The van der Waals surface area contributed by atoms with Crippen molar-refractivity contribution in [1.29, 1.82) is 0 Å². The van der Waals surface area contributed by atoms with Crippen LogP contribution in [0.2, 0.25) is 0 Å². The molecule has 0 atom stereocenters. The summed E-state index contributed by atoms with van der Waals surface area (Å²) in [5.41, 5.74) is 18.3. The Balaban J connectivity index is 1.09. The van der Waals surface area contributed by atoms with E-state index in [1.807, 2.05) is 9.59 Å². The molecule has 6 heteroatoms. The van der Waals surface area contributed by atoms with E-state index in [0.717, 1.165) is 79.4 Å². The molecule has 0 saturated carbocycles. The van der Waals surface area contributed by atoms with Gasteiger partial charge in [0.1, 0.15) is 22.1 Å². The van der Waals surface area contributed by atoms with Crippen molar-refractivity contribution in [2.75, 3.05) is 0 Å². The second-order valence-corrected chi connectivity index (χ2v) is 21.3. The highest BCUT2D eigenvalue weighted by atomic mass is 15.5. The standard InChI is InChI=1S/C56H64N6/c1-53(2,3)41-23-15-37(16-24-41)45-31-32-46(38-17-25-42(26-18-38)54(4,5)6)50-49(45)57-61(58-50)35-13-14-36-62-59-51-47(39-19-27-43(28-20-39)55(7,8)9)33-34-48(52(51)60-62)40-21-29-44(30-22-40)56(10,11)12/h15-34H,13-14,35-36H2,1-12H3. The van der Waals surface area contributed by atoms with E-state index in [0.29, 0.717) is 13.1 Å². The SMILES string of the molecule is CC(C)(C)c1ccc(-c2ccc(-c3ccc(C(C)(C)C)cc3)c3nn(CCCCn4nc5c(-c6ccc(C(C)(C)C)cc6)ccc(-c6ccc(C(C)(C)C)cc6)c5n4)nc23)cc1. The fourth-order valence-electron chi connectivity index (χ4n) is 8.31. The average Bonchev–Trinajstić information content (AvgIpc) is 3.86. The number of rotatable bonds is 9. The highest BCUT2D eigenvalue weighted by Gasteiger charge is 2.21. The molecule has 0 aliphatic rings. The van der Waals surface area contributed by atoms with Gasteiger partial charge in [-0.15, -0.1) is 0 Å². The van der Waals surface area contributed by atoms with Crippen molar-refractivity contribution in [3.63, 3.8) is 0 Å². The quantitative estimate of drug-likeness (QED) is 0.136. The van der Waals surface area contributed by atoms with Crippen molar-refractivity contribution in [2.45, 2.75) is 131 Å². The van der Waals surface area contributed by atoms with Crippen LogP contribution >= 0.6 is 0 Å². The van der Waals surface area contributed by atoms with Crippen molar-refractivity contribution in [1.82, 2.24) is 30.0 Å². The summed E-state index contributed by atoms with van der Waals surface area (Å²) in [6.45, 7) is 28.4. The summed E-state index contributed by atoms with van der Waals surface area (Å²) in [4.78, 5) is 3.80. The molecule has 0 unspecified atom stereocenters. The zero-order chi connectivity index (χ0) is 44.2. The molecular formula is C56H64N6. The first-order chi connectivity index (χ1) is 29.2. The van der Waals surface area contributed by atoms with E-state index in [2.05, 4.69) is 204 Å². The van der Waals surface area contributed by atoms with Gasteiger partial charge >= 0.3 is 0 Å². The third-order valence-electron chi connectivity index (χ3n) is 12.4. The van der Waals surface area contributed by atoms with Crippen molar-refractivity contribution in [3.05, 3.63) is 144 Å². The zero-order valence-corrected chi connectivity index (χ0v) is 39.1. The average molecular weight is 821 g/mol. The van der Waals surface area contributed by atoms with E-state index >= 15 is 0 Å². The number of fused-ring (bicyclic) bond motifs is 2. The summed E-state index contributed by atoms with van der Waals surface area (Å²) in [5.74, 6) is 0. The van der Waals surface area contributed by atoms with Crippen LogP contribution in [0.15, 0.2) is 121 Å². The Bertz CT molecular complexity index is 2440. The molecule has 0 bridgehead atoms. The summed E-state index contributed by atoms with van der Waals surface area (Å²) < 4.78 is 0. The molecule has 0 amide bonds. The zero-order valence-electron chi connectivity index (χ0n) is 39.1. The molecule has 2 aromatic heterocycles. The Morgan fingerprint density at radius 3 is 0.661 bits per heavy atom. The summed E-state index contributed by atoms with van der Waals surface area (Å²) >= 11 is 0. The summed E-state index contributed by atoms with van der Waals surface area (Å²) in [6.07, 6.45) is 1.76.